The quantitative estimate of drug-likeness (QED) is 0.850. The topological polar surface area (TPSA) is 59.5 Å². The normalized spacial score (nSPS) is 17.1. The number of furan rings is 1. The lowest BCUT2D eigenvalue weighted by atomic mass is 9.97. The molecule has 1 aromatic heterocycles. The molecule has 1 aliphatic heterocycles. The van der Waals surface area contributed by atoms with Crippen LogP contribution in [0.1, 0.15) is 23.4 Å². The second-order valence-corrected chi connectivity index (χ2v) is 5.33. The molecule has 0 bridgehead atoms. The Morgan fingerprint density at radius 1 is 1.47 bits per heavy atom. The van der Waals surface area contributed by atoms with E-state index in [1.54, 1.807) is 17.0 Å². The molecule has 17 heavy (non-hydrogen) atoms. The van der Waals surface area contributed by atoms with Gasteiger partial charge in [-0.15, -0.1) is 0 Å². The van der Waals surface area contributed by atoms with Gasteiger partial charge in [0.05, 0.1) is 4.99 Å². The summed E-state index contributed by atoms with van der Waals surface area (Å²) < 4.78 is 5.82. The van der Waals surface area contributed by atoms with E-state index in [9.17, 15) is 4.79 Å². The van der Waals surface area contributed by atoms with Crippen LogP contribution in [0.2, 0.25) is 0 Å². The number of carbonyl (C=O) groups is 1. The molecule has 0 radical (unpaired) electrons. The zero-order chi connectivity index (χ0) is 12.4. The summed E-state index contributed by atoms with van der Waals surface area (Å²) in [5.74, 6) is 0.556. The molecular formula is C11H13BrN2O2S. The minimum atomic E-state index is -0.0721. The highest BCUT2D eigenvalue weighted by Gasteiger charge is 2.26. The number of nitrogens with two attached hydrogens (primary N) is 1. The predicted molar refractivity (Wildman–Crippen MR) is 71.8 cm³/mol. The molecule has 1 amide bonds. The Morgan fingerprint density at radius 2 is 2.12 bits per heavy atom. The van der Waals surface area contributed by atoms with Gasteiger partial charge in [0.2, 0.25) is 0 Å². The summed E-state index contributed by atoms with van der Waals surface area (Å²) in [6, 6.07) is 3.39. The molecule has 2 N–H and O–H groups in total. The molecule has 1 aromatic rings. The molecular weight excluding hydrogens is 304 g/mol. The fraction of sp³-hybridized carbons (Fsp3) is 0.455. The Labute approximate surface area is 113 Å². The Bertz CT molecular complexity index is 438. The zero-order valence-corrected chi connectivity index (χ0v) is 11.6. The molecule has 2 heterocycles. The van der Waals surface area contributed by atoms with Crippen LogP contribution < -0.4 is 5.73 Å². The molecule has 1 saturated heterocycles. The van der Waals surface area contributed by atoms with Gasteiger partial charge >= 0.3 is 0 Å². The summed E-state index contributed by atoms with van der Waals surface area (Å²) in [4.78, 5) is 14.4. The van der Waals surface area contributed by atoms with E-state index in [1.165, 1.54) is 0 Å². The lowest BCUT2D eigenvalue weighted by Crippen LogP contribution is -2.41. The summed E-state index contributed by atoms with van der Waals surface area (Å²) in [5.41, 5.74) is 5.61. The Kier molecular flexibility index (Phi) is 3.83. The monoisotopic (exact) mass is 316 g/mol. The number of carbonyl (C=O) groups excluding carboxylic acids is 1. The highest BCUT2D eigenvalue weighted by atomic mass is 79.9. The second kappa shape index (κ2) is 5.18. The highest BCUT2D eigenvalue weighted by Crippen LogP contribution is 2.21. The van der Waals surface area contributed by atoms with Crippen LogP contribution in [0.25, 0.3) is 0 Å². The maximum Gasteiger partial charge on any atom is 0.289 e. The number of amides is 1. The first-order chi connectivity index (χ1) is 8.08. The molecule has 2 rings (SSSR count). The van der Waals surface area contributed by atoms with E-state index in [0.717, 1.165) is 12.8 Å². The molecule has 0 atom stereocenters. The largest absolute Gasteiger partial charge is 0.444 e. The van der Waals surface area contributed by atoms with E-state index in [0.29, 0.717) is 28.5 Å². The van der Waals surface area contributed by atoms with Crippen LogP contribution in [0.4, 0.5) is 0 Å². The third-order valence-corrected chi connectivity index (χ3v) is 3.73. The van der Waals surface area contributed by atoms with Gasteiger partial charge in [-0.2, -0.15) is 0 Å². The van der Waals surface area contributed by atoms with E-state index in [4.69, 9.17) is 22.4 Å². The second-order valence-electron chi connectivity index (χ2n) is 4.07. The van der Waals surface area contributed by atoms with Gasteiger partial charge in [0.15, 0.2) is 10.4 Å². The van der Waals surface area contributed by atoms with Crippen LogP contribution in [0, 0.1) is 5.92 Å². The average molecular weight is 317 g/mol. The smallest absolute Gasteiger partial charge is 0.289 e. The van der Waals surface area contributed by atoms with E-state index in [1.807, 2.05) is 0 Å². The van der Waals surface area contributed by atoms with Crippen molar-refractivity contribution in [2.24, 2.45) is 11.7 Å². The number of piperidine rings is 1. The summed E-state index contributed by atoms with van der Waals surface area (Å²) in [7, 11) is 0. The van der Waals surface area contributed by atoms with Crippen molar-refractivity contribution in [2.75, 3.05) is 13.1 Å². The molecule has 6 heteroatoms. The van der Waals surface area contributed by atoms with Crippen molar-refractivity contribution in [1.29, 1.82) is 0 Å². The van der Waals surface area contributed by atoms with Crippen molar-refractivity contribution in [2.45, 2.75) is 12.8 Å². The van der Waals surface area contributed by atoms with Gasteiger partial charge in [0.25, 0.3) is 5.91 Å². The van der Waals surface area contributed by atoms with Gasteiger partial charge in [0.1, 0.15) is 0 Å². The van der Waals surface area contributed by atoms with Gasteiger partial charge in [-0.3, -0.25) is 4.79 Å². The van der Waals surface area contributed by atoms with Gasteiger partial charge in [-0.25, -0.2) is 0 Å². The number of hydrogen-bond donors (Lipinski definition) is 1. The third kappa shape index (κ3) is 2.87. The van der Waals surface area contributed by atoms with Crippen molar-refractivity contribution in [3.8, 4) is 0 Å². The SMILES string of the molecule is NC(=S)C1CCN(C(=O)c2ccc(Br)o2)CC1. The van der Waals surface area contributed by atoms with Crippen molar-refractivity contribution < 1.29 is 9.21 Å². The zero-order valence-electron chi connectivity index (χ0n) is 9.19. The summed E-state index contributed by atoms with van der Waals surface area (Å²) in [6.07, 6.45) is 1.67. The van der Waals surface area contributed by atoms with E-state index in [-0.39, 0.29) is 11.8 Å². The molecule has 0 aromatic carbocycles. The van der Waals surface area contributed by atoms with Crippen LogP contribution in [0.15, 0.2) is 21.2 Å². The van der Waals surface area contributed by atoms with Crippen molar-refractivity contribution in [3.63, 3.8) is 0 Å². The molecule has 0 aliphatic carbocycles. The summed E-state index contributed by atoms with van der Waals surface area (Å²) in [6.45, 7) is 1.36. The standard InChI is InChI=1S/C11H13BrN2O2S/c12-9-2-1-8(16-9)11(15)14-5-3-7(4-6-14)10(13)17/h1-2,7H,3-6H2,(H2,13,17). The molecule has 0 unspecified atom stereocenters. The van der Waals surface area contributed by atoms with Crippen LogP contribution in [-0.4, -0.2) is 28.9 Å². The van der Waals surface area contributed by atoms with Crippen LogP contribution >= 0.6 is 28.1 Å². The van der Waals surface area contributed by atoms with Gasteiger partial charge in [-0.05, 0) is 40.9 Å². The average Bonchev–Trinajstić information content (AvgIpc) is 2.75. The van der Waals surface area contributed by atoms with Crippen molar-refractivity contribution in [3.05, 3.63) is 22.6 Å². The Balaban J connectivity index is 1.97. The number of rotatable bonds is 2. The number of hydrogen-bond acceptors (Lipinski definition) is 3. The van der Waals surface area contributed by atoms with Crippen LogP contribution in [-0.2, 0) is 0 Å². The predicted octanol–water partition coefficient (Wildman–Crippen LogP) is 2.18. The Morgan fingerprint density at radius 3 is 2.59 bits per heavy atom. The third-order valence-electron chi connectivity index (χ3n) is 2.97. The first-order valence-corrected chi connectivity index (χ1v) is 6.62. The molecule has 0 spiro atoms. The van der Waals surface area contributed by atoms with Gasteiger partial charge < -0.3 is 15.1 Å². The lowest BCUT2D eigenvalue weighted by Gasteiger charge is -2.30. The maximum atomic E-state index is 12.0. The maximum absolute atomic E-state index is 12.0. The number of nitrogens with zero attached hydrogens (tertiary/aromatic N) is 1. The van der Waals surface area contributed by atoms with Gasteiger partial charge in [0, 0.05) is 19.0 Å². The first kappa shape index (κ1) is 12.6. The minimum absolute atomic E-state index is 0.0721. The Hall–Kier alpha value is -0.880. The minimum Gasteiger partial charge on any atom is -0.444 e. The van der Waals surface area contributed by atoms with Crippen LogP contribution in [0.3, 0.4) is 0 Å². The number of likely N-dealkylation sites (tertiary alicyclic amines) is 1. The fourth-order valence-corrected chi connectivity index (χ4v) is 2.49. The van der Waals surface area contributed by atoms with Crippen molar-refractivity contribution in [1.82, 2.24) is 4.90 Å². The lowest BCUT2D eigenvalue weighted by molar-refractivity contribution is 0.0677. The molecule has 1 fully saturated rings. The van der Waals surface area contributed by atoms with E-state index < -0.39 is 0 Å². The molecule has 0 saturated carbocycles. The molecule has 4 nitrogen and oxygen atoms in total. The molecule has 1 aliphatic rings. The first-order valence-electron chi connectivity index (χ1n) is 5.42. The van der Waals surface area contributed by atoms with Crippen molar-refractivity contribution >= 4 is 39.0 Å². The van der Waals surface area contributed by atoms with E-state index >= 15 is 0 Å². The number of halogens is 1. The van der Waals surface area contributed by atoms with E-state index in [2.05, 4.69) is 15.9 Å². The summed E-state index contributed by atoms with van der Waals surface area (Å²) >= 11 is 8.15. The van der Waals surface area contributed by atoms with Crippen LogP contribution in [0.5, 0.6) is 0 Å². The summed E-state index contributed by atoms with van der Waals surface area (Å²) in [5, 5.41) is 0. The number of thiocarbonyl (C=S) groups is 1. The molecule has 92 valence electrons. The highest BCUT2D eigenvalue weighted by molar-refractivity contribution is 9.10. The van der Waals surface area contributed by atoms with Gasteiger partial charge in [-0.1, -0.05) is 12.2 Å². The fourth-order valence-electron chi connectivity index (χ4n) is 1.95.